The van der Waals surface area contributed by atoms with Gasteiger partial charge in [-0.3, -0.25) is 9.59 Å². The second kappa shape index (κ2) is 5.20. The molecule has 2 aromatic rings. The van der Waals surface area contributed by atoms with E-state index < -0.39 is 5.60 Å². The van der Waals surface area contributed by atoms with Crippen molar-refractivity contribution in [1.82, 2.24) is 4.90 Å². The third-order valence-electron chi connectivity index (χ3n) is 4.54. The molecule has 1 saturated heterocycles. The number of likely N-dealkylation sites (tertiary alicyclic amines) is 1. The topological polar surface area (TPSA) is 46.6 Å². The molecule has 4 nitrogen and oxygen atoms in total. The number of rotatable bonds is 1. The third kappa shape index (κ3) is 2.45. The number of ketones is 1. The molecule has 0 unspecified atom stereocenters. The van der Waals surface area contributed by atoms with Crippen LogP contribution in [0.5, 0.6) is 5.75 Å². The highest BCUT2D eigenvalue weighted by Gasteiger charge is 2.47. The Labute approximate surface area is 138 Å². The van der Waals surface area contributed by atoms with E-state index in [0.29, 0.717) is 37.2 Å². The summed E-state index contributed by atoms with van der Waals surface area (Å²) < 4.78 is 6.16. The number of hydrogen-bond acceptors (Lipinski definition) is 4. The number of amides is 1. The Balaban J connectivity index is 1.56. The molecule has 23 heavy (non-hydrogen) atoms. The van der Waals surface area contributed by atoms with Crippen LogP contribution in [-0.2, 0) is 0 Å². The van der Waals surface area contributed by atoms with Crippen LogP contribution in [-0.4, -0.2) is 35.3 Å². The van der Waals surface area contributed by atoms with Gasteiger partial charge in [0.1, 0.15) is 11.4 Å². The van der Waals surface area contributed by atoms with Gasteiger partial charge in [0.2, 0.25) is 0 Å². The maximum atomic E-state index is 12.6. The Morgan fingerprint density at radius 3 is 2.96 bits per heavy atom. The summed E-state index contributed by atoms with van der Waals surface area (Å²) in [5, 5.41) is 1.98. The van der Waals surface area contributed by atoms with Crippen molar-refractivity contribution in [1.29, 1.82) is 0 Å². The molecule has 5 heteroatoms. The fourth-order valence-corrected chi connectivity index (χ4v) is 4.25. The highest BCUT2D eigenvalue weighted by Crippen LogP contribution is 2.39. The predicted molar refractivity (Wildman–Crippen MR) is 88.3 cm³/mol. The van der Waals surface area contributed by atoms with Crippen LogP contribution in [0, 0.1) is 6.92 Å². The molecule has 4 rings (SSSR count). The quantitative estimate of drug-likeness (QED) is 0.807. The van der Waals surface area contributed by atoms with Crippen LogP contribution in [0.1, 0.15) is 38.4 Å². The number of aryl methyl sites for hydroxylation is 1. The third-order valence-corrected chi connectivity index (χ3v) is 5.58. The first-order valence-electron chi connectivity index (χ1n) is 7.72. The van der Waals surface area contributed by atoms with Crippen LogP contribution in [0.4, 0.5) is 0 Å². The fraction of sp³-hybridized carbons (Fsp3) is 0.333. The smallest absolute Gasteiger partial charge is 0.264 e. The normalized spacial score (nSPS) is 23.0. The second-order valence-corrected chi connectivity index (χ2v) is 7.26. The number of para-hydroxylation sites is 1. The van der Waals surface area contributed by atoms with Crippen LogP contribution in [0.25, 0.3) is 0 Å². The molecule has 1 fully saturated rings. The lowest BCUT2D eigenvalue weighted by atomic mass is 9.89. The van der Waals surface area contributed by atoms with Crippen molar-refractivity contribution in [3.8, 4) is 5.75 Å². The van der Waals surface area contributed by atoms with Crippen LogP contribution in [0.3, 0.4) is 0 Å². The Kier molecular flexibility index (Phi) is 3.27. The van der Waals surface area contributed by atoms with Crippen LogP contribution in [0.15, 0.2) is 35.7 Å². The zero-order chi connectivity index (χ0) is 16.0. The number of carbonyl (C=O) groups is 2. The van der Waals surface area contributed by atoms with E-state index in [1.54, 1.807) is 6.07 Å². The van der Waals surface area contributed by atoms with E-state index in [9.17, 15) is 9.59 Å². The molecular formula is C18H17NO3S. The predicted octanol–water partition coefficient (Wildman–Crippen LogP) is 3.31. The maximum absolute atomic E-state index is 12.6. The Hall–Kier alpha value is -2.14. The minimum atomic E-state index is -0.562. The van der Waals surface area contributed by atoms with Crippen molar-refractivity contribution in [3.63, 3.8) is 0 Å². The molecule has 1 spiro atoms. The number of fused-ring (bicyclic) bond motifs is 1. The number of carbonyl (C=O) groups excluding carboxylic acids is 2. The van der Waals surface area contributed by atoms with Gasteiger partial charge in [-0.1, -0.05) is 12.1 Å². The molecule has 1 amide bonds. The Morgan fingerprint density at radius 1 is 1.35 bits per heavy atom. The monoisotopic (exact) mass is 327 g/mol. The van der Waals surface area contributed by atoms with Gasteiger partial charge >= 0.3 is 0 Å². The zero-order valence-corrected chi connectivity index (χ0v) is 13.7. The lowest BCUT2D eigenvalue weighted by Gasteiger charge is -2.34. The summed E-state index contributed by atoms with van der Waals surface area (Å²) in [4.78, 5) is 27.6. The summed E-state index contributed by atoms with van der Waals surface area (Å²) in [6.45, 7) is 3.09. The lowest BCUT2D eigenvalue weighted by molar-refractivity contribution is 0.0429. The summed E-state index contributed by atoms with van der Waals surface area (Å²) >= 11 is 1.47. The summed E-state index contributed by atoms with van der Waals surface area (Å²) in [5.74, 6) is 0.785. The molecule has 1 aromatic heterocycles. The van der Waals surface area contributed by atoms with Gasteiger partial charge < -0.3 is 9.64 Å². The van der Waals surface area contributed by atoms with Gasteiger partial charge in [-0.05, 0) is 36.1 Å². The number of benzene rings is 1. The van der Waals surface area contributed by atoms with E-state index in [-0.39, 0.29) is 11.7 Å². The molecule has 1 atom stereocenters. The van der Waals surface area contributed by atoms with Crippen LogP contribution < -0.4 is 4.74 Å². The maximum Gasteiger partial charge on any atom is 0.264 e. The molecule has 1 aromatic carbocycles. The van der Waals surface area contributed by atoms with Crippen molar-refractivity contribution in [2.24, 2.45) is 0 Å². The summed E-state index contributed by atoms with van der Waals surface area (Å²) in [6.07, 6.45) is 1.04. The van der Waals surface area contributed by atoms with E-state index in [4.69, 9.17) is 4.74 Å². The highest BCUT2D eigenvalue weighted by molar-refractivity contribution is 7.12. The molecule has 118 valence electrons. The molecule has 3 heterocycles. The molecule has 0 aliphatic carbocycles. The van der Waals surface area contributed by atoms with Gasteiger partial charge in [-0.15, -0.1) is 11.3 Å². The molecule has 2 aliphatic heterocycles. The molecular weight excluding hydrogens is 310 g/mol. The molecule has 0 N–H and O–H groups in total. The second-order valence-electron chi connectivity index (χ2n) is 6.35. The number of thiophene rings is 1. The van der Waals surface area contributed by atoms with E-state index >= 15 is 0 Å². The van der Waals surface area contributed by atoms with Gasteiger partial charge in [-0.2, -0.15) is 0 Å². The average Bonchev–Trinajstić information content (AvgIpc) is 3.14. The molecule has 0 radical (unpaired) electrons. The minimum Gasteiger partial charge on any atom is -0.484 e. The van der Waals surface area contributed by atoms with Crippen molar-refractivity contribution >= 4 is 23.0 Å². The minimum absolute atomic E-state index is 0.0369. The summed E-state index contributed by atoms with van der Waals surface area (Å²) in [6, 6.07) is 9.28. The first-order chi connectivity index (χ1) is 11.1. The first-order valence-corrected chi connectivity index (χ1v) is 8.60. The van der Waals surface area contributed by atoms with Crippen molar-refractivity contribution in [2.45, 2.75) is 25.4 Å². The van der Waals surface area contributed by atoms with Crippen molar-refractivity contribution in [2.75, 3.05) is 13.1 Å². The lowest BCUT2D eigenvalue weighted by Crippen LogP contribution is -2.45. The van der Waals surface area contributed by atoms with Crippen molar-refractivity contribution in [3.05, 3.63) is 51.7 Å². The van der Waals surface area contributed by atoms with Gasteiger partial charge in [0.05, 0.1) is 23.4 Å². The van der Waals surface area contributed by atoms with E-state index in [1.165, 1.54) is 11.3 Å². The molecule has 0 bridgehead atoms. The standard InChI is InChI=1S/C18H17NO3S/c1-12-8-16(23-10-12)17(21)19-7-6-18(11-19)9-14(20)13-4-2-3-5-15(13)22-18/h2-5,8,10H,6-7,9,11H2,1H3/t18-/m0/s1. The number of nitrogens with zero attached hydrogens (tertiary/aromatic N) is 1. The number of Topliss-reactive ketones (excluding diaryl/α,β-unsaturated/α-hetero) is 1. The molecule has 2 aliphatic rings. The van der Waals surface area contributed by atoms with Gasteiger partial charge in [0, 0.05) is 13.0 Å². The zero-order valence-electron chi connectivity index (χ0n) is 12.9. The first kappa shape index (κ1) is 14.5. The Bertz CT molecular complexity index is 797. The van der Waals surface area contributed by atoms with Gasteiger partial charge in [-0.25, -0.2) is 0 Å². The van der Waals surface area contributed by atoms with Crippen LogP contribution >= 0.6 is 11.3 Å². The van der Waals surface area contributed by atoms with E-state index in [1.807, 2.05) is 41.5 Å². The summed E-state index contributed by atoms with van der Waals surface area (Å²) in [7, 11) is 0. The van der Waals surface area contributed by atoms with E-state index in [2.05, 4.69) is 0 Å². The van der Waals surface area contributed by atoms with Gasteiger partial charge in [0.15, 0.2) is 5.78 Å². The largest absolute Gasteiger partial charge is 0.484 e. The van der Waals surface area contributed by atoms with Gasteiger partial charge in [0.25, 0.3) is 5.91 Å². The number of hydrogen-bond donors (Lipinski definition) is 0. The highest BCUT2D eigenvalue weighted by atomic mass is 32.1. The number of ether oxygens (including phenoxy) is 1. The molecule has 0 saturated carbocycles. The van der Waals surface area contributed by atoms with E-state index in [0.717, 1.165) is 10.4 Å². The summed E-state index contributed by atoms with van der Waals surface area (Å²) in [5.41, 5.74) is 1.19. The van der Waals surface area contributed by atoms with Crippen LogP contribution in [0.2, 0.25) is 0 Å². The van der Waals surface area contributed by atoms with Crippen molar-refractivity contribution < 1.29 is 14.3 Å². The Morgan fingerprint density at radius 2 is 2.17 bits per heavy atom. The SMILES string of the molecule is Cc1csc(C(=O)N2CC[C@]3(CC(=O)c4ccccc4O3)C2)c1. The average molecular weight is 327 g/mol. The fourth-order valence-electron chi connectivity index (χ4n) is 3.39.